The van der Waals surface area contributed by atoms with Gasteiger partial charge in [-0.3, -0.25) is 4.72 Å². The Balaban J connectivity index is 2.94. The van der Waals surface area contributed by atoms with Crippen molar-refractivity contribution < 1.29 is 21.6 Å². The largest absolute Gasteiger partial charge is 0.383 e. The summed E-state index contributed by atoms with van der Waals surface area (Å²) in [5, 5.41) is 5.05. The van der Waals surface area contributed by atoms with Crippen LogP contribution >= 0.6 is 0 Å². The van der Waals surface area contributed by atoms with Gasteiger partial charge in [0.25, 0.3) is 10.2 Å². The van der Waals surface area contributed by atoms with E-state index < -0.39 is 20.2 Å². The lowest BCUT2D eigenvalue weighted by Crippen LogP contribution is -2.32. The molecule has 0 radical (unpaired) electrons. The number of nitrogens with one attached hydrogen (secondary N) is 2. The van der Waals surface area contributed by atoms with Crippen LogP contribution in [0, 0.1) is 6.92 Å². The van der Waals surface area contributed by atoms with Gasteiger partial charge < -0.3 is 4.74 Å². The molecule has 0 bridgehead atoms. The number of sulfonamides is 1. The van der Waals surface area contributed by atoms with Crippen LogP contribution < -0.4 is 14.6 Å². The lowest BCUT2D eigenvalue weighted by atomic mass is 10.2. The number of rotatable bonds is 7. The molecule has 0 aliphatic carbocycles. The molecule has 0 spiro atoms. The normalized spacial score (nSPS) is 12.3. The predicted octanol–water partition coefficient (Wildman–Crippen LogP) is -0.465. The number of hydrogen-bond donors (Lipinski definition) is 3. The summed E-state index contributed by atoms with van der Waals surface area (Å²) >= 11 is 0. The van der Waals surface area contributed by atoms with Crippen molar-refractivity contribution in [2.75, 3.05) is 25.0 Å². The Hall–Kier alpha value is -1.20. The van der Waals surface area contributed by atoms with Gasteiger partial charge in [-0.15, -0.1) is 0 Å². The molecule has 0 saturated carbocycles. The molecule has 0 aliphatic rings. The number of hydrogen-bond acceptors (Lipinski definition) is 5. The van der Waals surface area contributed by atoms with Crippen molar-refractivity contribution in [3.8, 4) is 0 Å². The molecule has 114 valence electrons. The number of nitrogens with two attached hydrogens (primary N) is 1. The molecule has 1 aromatic rings. The number of anilines is 1. The van der Waals surface area contributed by atoms with Gasteiger partial charge in [-0.25, -0.2) is 13.6 Å². The molecule has 4 N–H and O–H groups in total. The molecule has 0 heterocycles. The van der Waals surface area contributed by atoms with Gasteiger partial charge in [-0.05, 0) is 24.6 Å². The van der Waals surface area contributed by atoms with Gasteiger partial charge in [0, 0.05) is 13.7 Å². The summed E-state index contributed by atoms with van der Waals surface area (Å²) in [5.74, 6) is 0. The van der Waals surface area contributed by atoms with E-state index in [2.05, 4.69) is 9.44 Å². The van der Waals surface area contributed by atoms with Crippen LogP contribution in [0.1, 0.15) is 5.56 Å². The maximum absolute atomic E-state index is 11.7. The summed E-state index contributed by atoms with van der Waals surface area (Å²) < 4.78 is 55.2. The van der Waals surface area contributed by atoms with Crippen LogP contribution in [0.15, 0.2) is 23.1 Å². The molecule has 8 nitrogen and oxygen atoms in total. The predicted molar refractivity (Wildman–Crippen MR) is 75.0 cm³/mol. The average Bonchev–Trinajstić information content (AvgIpc) is 2.30. The van der Waals surface area contributed by atoms with Gasteiger partial charge in [0.1, 0.15) is 0 Å². The summed E-state index contributed by atoms with van der Waals surface area (Å²) in [6.07, 6.45) is 0. The average molecular weight is 323 g/mol. The van der Waals surface area contributed by atoms with E-state index in [0.29, 0.717) is 5.56 Å². The molecule has 0 aliphatic heterocycles. The lowest BCUT2D eigenvalue weighted by molar-refractivity contribution is 0.204. The lowest BCUT2D eigenvalue weighted by Gasteiger charge is -2.11. The Bertz CT molecular complexity index is 670. The molecule has 1 rings (SSSR count). The Morgan fingerprint density at radius 3 is 2.45 bits per heavy atom. The number of aryl methyl sites for hydroxylation is 1. The van der Waals surface area contributed by atoms with E-state index in [1.807, 2.05) is 0 Å². The zero-order valence-electron chi connectivity index (χ0n) is 11.1. The van der Waals surface area contributed by atoms with E-state index in [9.17, 15) is 16.8 Å². The minimum atomic E-state index is -3.91. The van der Waals surface area contributed by atoms with Crippen LogP contribution in [-0.2, 0) is 25.0 Å². The van der Waals surface area contributed by atoms with Crippen molar-refractivity contribution >= 4 is 25.9 Å². The third kappa shape index (κ3) is 5.06. The van der Waals surface area contributed by atoms with E-state index in [-0.39, 0.29) is 23.7 Å². The second-order valence-electron chi connectivity index (χ2n) is 4.02. The molecular weight excluding hydrogens is 306 g/mol. The Kier molecular flexibility index (Phi) is 5.48. The Morgan fingerprint density at radius 1 is 1.25 bits per heavy atom. The van der Waals surface area contributed by atoms with Gasteiger partial charge >= 0.3 is 0 Å². The fraction of sp³-hybridized carbons (Fsp3) is 0.400. The van der Waals surface area contributed by atoms with Crippen LogP contribution in [0.4, 0.5) is 5.69 Å². The fourth-order valence-corrected chi connectivity index (χ4v) is 3.11. The van der Waals surface area contributed by atoms with Crippen molar-refractivity contribution in [1.29, 1.82) is 0 Å². The molecule has 0 atom stereocenters. The summed E-state index contributed by atoms with van der Waals surface area (Å²) in [6.45, 7) is 1.88. The van der Waals surface area contributed by atoms with E-state index >= 15 is 0 Å². The monoisotopic (exact) mass is 323 g/mol. The maximum atomic E-state index is 11.7. The summed E-state index contributed by atoms with van der Waals surface area (Å²) in [5.41, 5.74) is 0.535. The van der Waals surface area contributed by atoms with Gasteiger partial charge in [0.05, 0.1) is 17.2 Å². The van der Waals surface area contributed by atoms with Crippen LogP contribution in [0.2, 0.25) is 0 Å². The molecule has 0 amide bonds. The molecular formula is C10H17N3O5S2. The maximum Gasteiger partial charge on any atom is 0.299 e. The topological polar surface area (TPSA) is 128 Å². The third-order valence-electron chi connectivity index (χ3n) is 2.35. The first-order valence-corrected chi connectivity index (χ1v) is 8.58. The highest BCUT2D eigenvalue weighted by Crippen LogP contribution is 2.19. The standard InChI is InChI=1S/C10H17N3O5S2/c1-8-3-4-9(7-10(8)19(11,14)15)13-20(16,17)12-5-6-18-2/h3-4,7,12-13H,5-6H2,1-2H3,(H2,11,14,15). The Morgan fingerprint density at radius 2 is 1.90 bits per heavy atom. The number of primary sulfonamides is 1. The second-order valence-corrected chi connectivity index (χ2v) is 7.05. The quantitative estimate of drug-likeness (QED) is 0.585. The van der Waals surface area contributed by atoms with Crippen LogP contribution in [-0.4, -0.2) is 37.1 Å². The van der Waals surface area contributed by atoms with Gasteiger partial charge in [-0.1, -0.05) is 6.07 Å². The number of ether oxygens (including phenoxy) is 1. The summed E-state index contributed by atoms with van der Waals surface area (Å²) in [6, 6.07) is 4.08. The highest BCUT2D eigenvalue weighted by molar-refractivity contribution is 7.90. The third-order valence-corrected chi connectivity index (χ3v) is 4.49. The molecule has 1 aromatic carbocycles. The van der Waals surface area contributed by atoms with Crippen molar-refractivity contribution in [3.05, 3.63) is 23.8 Å². The number of benzene rings is 1. The first-order valence-electron chi connectivity index (χ1n) is 5.55. The molecule has 0 aromatic heterocycles. The minimum absolute atomic E-state index is 0.0970. The van der Waals surface area contributed by atoms with Gasteiger partial charge in [0.2, 0.25) is 10.0 Å². The smallest absolute Gasteiger partial charge is 0.299 e. The molecule has 0 unspecified atom stereocenters. The zero-order chi connectivity index (χ0) is 15.4. The van der Waals surface area contributed by atoms with Gasteiger partial charge in [0.15, 0.2) is 0 Å². The second kappa shape index (κ2) is 6.50. The molecule has 0 fully saturated rings. The van der Waals surface area contributed by atoms with Crippen molar-refractivity contribution in [3.63, 3.8) is 0 Å². The van der Waals surface area contributed by atoms with Gasteiger partial charge in [-0.2, -0.15) is 13.1 Å². The zero-order valence-corrected chi connectivity index (χ0v) is 12.7. The van der Waals surface area contributed by atoms with Crippen LogP contribution in [0.5, 0.6) is 0 Å². The van der Waals surface area contributed by atoms with E-state index in [1.165, 1.54) is 25.3 Å². The molecule has 0 saturated heterocycles. The molecule has 20 heavy (non-hydrogen) atoms. The highest BCUT2D eigenvalue weighted by Gasteiger charge is 2.15. The first kappa shape index (κ1) is 16.9. The Labute approximate surface area is 118 Å². The number of methoxy groups -OCH3 is 1. The van der Waals surface area contributed by atoms with Crippen molar-refractivity contribution in [2.24, 2.45) is 5.14 Å². The van der Waals surface area contributed by atoms with E-state index in [0.717, 1.165) is 0 Å². The van der Waals surface area contributed by atoms with E-state index in [1.54, 1.807) is 6.92 Å². The first-order chi connectivity index (χ1) is 9.15. The summed E-state index contributed by atoms with van der Waals surface area (Å²) in [7, 11) is -6.26. The van der Waals surface area contributed by atoms with Crippen LogP contribution in [0.3, 0.4) is 0 Å². The van der Waals surface area contributed by atoms with Crippen LogP contribution in [0.25, 0.3) is 0 Å². The fourth-order valence-electron chi connectivity index (χ4n) is 1.44. The molecule has 10 heteroatoms. The SMILES string of the molecule is COCCNS(=O)(=O)Nc1ccc(C)c(S(N)(=O)=O)c1. The summed E-state index contributed by atoms with van der Waals surface area (Å²) in [4.78, 5) is -0.130. The van der Waals surface area contributed by atoms with E-state index in [4.69, 9.17) is 9.88 Å². The van der Waals surface area contributed by atoms with Crippen molar-refractivity contribution in [1.82, 2.24) is 4.72 Å². The highest BCUT2D eigenvalue weighted by atomic mass is 32.2. The minimum Gasteiger partial charge on any atom is -0.383 e. The van der Waals surface area contributed by atoms with Crippen molar-refractivity contribution in [2.45, 2.75) is 11.8 Å².